The smallest absolute Gasteiger partial charge is 0.276 e. The third-order valence-electron chi connectivity index (χ3n) is 5.00. The normalized spacial score (nSPS) is 13.3. The number of anilines is 2. The fourth-order valence-electron chi connectivity index (χ4n) is 3.31. The van der Waals surface area contributed by atoms with Gasteiger partial charge in [-0.1, -0.05) is 6.07 Å². The highest BCUT2D eigenvalue weighted by Crippen LogP contribution is 2.25. The molecule has 0 saturated carbocycles. The molecule has 150 valence electrons. The predicted molar refractivity (Wildman–Crippen MR) is 107 cm³/mol. The first-order chi connectivity index (χ1) is 14.6. The molecule has 1 aliphatic rings. The predicted octanol–water partition coefficient (Wildman–Crippen LogP) is 3.53. The molecule has 0 unspecified atom stereocenters. The van der Waals surface area contributed by atoms with Crippen molar-refractivity contribution in [1.29, 1.82) is 0 Å². The average molecular weight is 406 g/mol. The van der Waals surface area contributed by atoms with Crippen molar-refractivity contribution in [3.8, 4) is 11.3 Å². The molecule has 0 atom stereocenters. The number of nitrogens with zero attached hydrogens (tertiary/aromatic N) is 5. The molecular weight excluding hydrogens is 390 g/mol. The summed E-state index contributed by atoms with van der Waals surface area (Å²) in [5.74, 6) is -1.11. The summed E-state index contributed by atoms with van der Waals surface area (Å²) in [6, 6.07) is 10.1. The van der Waals surface area contributed by atoms with Crippen LogP contribution in [0.2, 0.25) is 0 Å². The monoisotopic (exact) mass is 406 g/mol. The molecule has 1 aliphatic heterocycles. The number of carbonyl (C=O) groups excluding carboxylic acids is 1. The minimum absolute atomic E-state index is 0.0640. The fraction of sp³-hybridized carbons (Fsp3) is 0.143. The Morgan fingerprint density at radius 2 is 1.83 bits per heavy atom. The van der Waals surface area contributed by atoms with E-state index in [0.717, 1.165) is 37.5 Å². The zero-order valence-electron chi connectivity index (χ0n) is 15.7. The van der Waals surface area contributed by atoms with Gasteiger partial charge in [0.25, 0.3) is 5.91 Å². The minimum atomic E-state index is -0.733. The molecule has 7 nitrogen and oxygen atoms in total. The van der Waals surface area contributed by atoms with Crippen LogP contribution in [0, 0.1) is 11.6 Å². The first-order valence-corrected chi connectivity index (χ1v) is 9.42. The van der Waals surface area contributed by atoms with Crippen LogP contribution in [-0.2, 0) is 0 Å². The van der Waals surface area contributed by atoms with Crippen molar-refractivity contribution in [3.63, 3.8) is 0 Å². The average Bonchev–Trinajstić information content (AvgIpc) is 3.10. The lowest BCUT2D eigenvalue weighted by molar-refractivity contribution is 0.102. The molecule has 0 bridgehead atoms. The maximum absolute atomic E-state index is 14.2. The molecule has 1 N–H and O–H groups in total. The number of benzene rings is 1. The molecule has 3 aromatic heterocycles. The van der Waals surface area contributed by atoms with Crippen molar-refractivity contribution in [1.82, 2.24) is 19.6 Å². The van der Waals surface area contributed by atoms with E-state index < -0.39 is 17.5 Å². The number of rotatable bonds is 4. The molecule has 4 aromatic rings. The van der Waals surface area contributed by atoms with Crippen molar-refractivity contribution in [2.45, 2.75) is 6.42 Å². The molecule has 1 fully saturated rings. The van der Waals surface area contributed by atoms with E-state index in [0.29, 0.717) is 11.3 Å². The molecular formula is C21H16F2N6O. The molecule has 1 amide bonds. The quantitative estimate of drug-likeness (QED) is 0.561. The van der Waals surface area contributed by atoms with Gasteiger partial charge in [0.2, 0.25) is 0 Å². The van der Waals surface area contributed by atoms with E-state index in [4.69, 9.17) is 0 Å². The first-order valence-electron chi connectivity index (χ1n) is 9.42. The van der Waals surface area contributed by atoms with Crippen molar-refractivity contribution in [2.24, 2.45) is 0 Å². The Morgan fingerprint density at radius 1 is 1.03 bits per heavy atom. The molecule has 1 aromatic carbocycles. The Morgan fingerprint density at radius 3 is 2.57 bits per heavy atom. The number of nitrogens with one attached hydrogen (secondary N) is 1. The third-order valence-corrected chi connectivity index (χ3v) is 5.00. The lowest BCUT2D eigenvalue weighted by Crippen LogP contribution is -2.37. The van der Waals surface area contributed by atoms with Crippen LogP contribution in [0.5, 0.6) is 0 Å². The number of aromatic nitrogens is 4. The highest BCUT2D eigenvalue weighted by Gasteiger charge is 2.19. The molecule has 9 heteroatoms. The van der Waals surface area contributed by atoms with E-state index in [2.05, 4.69) is 25.3 Å². The van der Waals surface area contributed by atoms with E-state index in [-0.39, 0.29) is 17.0 Å². The standard InChI is InChI=1S/C21H16F2N6O/c22-14-3-1-4-15(23)20(14)16-5-6-18-25-12-17(29(18)27-16)21(30)26-13-7-8-24-19(11-13)28-9-2-10-28/h1,3-8,11-12H,2,9-10H2,(H,24,26,30). The van der Waals surface area contributed by atoms with E-state index in [1.807, 2.05) is 0 Å². The molecule has 0 radical (unpaired) electrons. The van der Waals surface area contributed by atoms with E-state index in [9.17, 15) is 13.6 Å². The summed E-state index contributed by atoms with van der Waals surface area (Å²) >= 11 is 0. The molecule has 4 heterocycles. The number of fused-ring (bicyclic) bond motifs is 1. The highest BCUT2D eigenvalue weighted by molar-refractivity contribution is 6.03. The van der Waals surface area contributed by atoms with Crippen LogP contribution < -0.4 is 10.2 Å². The molecule has 0 spiro atoms. The van der Waals surface area contributed by atoms with Crippen LogP contribution >= 0.6 is 0 Å². The van der Waals surface area contributed by atoms with Gasteiger partial charge in [-0.2, -0.15) is 5.10 Å². The lowest BCUT2D eigenvalue weighted by atomic mass is 10.1. The molecule has 30 heavy (non-hydrogen) atoms. The van der Waals surface area contributed by atoms with E-state index in [1.165, 1.54) is 22.8 Å². The van der Waals surface area contributed by atoms with Crippen LogP contribution in [-0.4, -0.2) is 38.6 Å². The summed E-state index contributed by atoms with van der Waals surface area (Å²) in [6.07, 6.45) is 4.13. The van der Waals surface area contributed by atoms with Gasteiger partial charge in [0.1, 0.15) is 17.5 Å². The fourth-order valence-corrected chi connectivity index (χ4v) is 3.31. The highest BCUT2D eigenvalue weighted by atomic mass is 19.1. The second-order valence-electron chi connectivity index (χ2n) is 6.93. The Bertz CT molecular complexity index is 1250. The van der Waals surface area contributed by atoms with Crippen molar-refractivity contribution in [2.75, 3.05) is 23.3 Å². The number of amides is 1. The van der Waals surface area contributed by atoms with Crippen LogP contribution in [0.1, 0.15) is 16.9 Å². The topological polar surface area (TPSA) is 75.4 Å². The summed E-state index contributed by atoms with van der Waals surface area (Å²) in [4.78, 5) is 23.4. The Labute approximate surface area is 170 Å². The van der Waals surface area contributed by atoms with E-state index >= 15 is 0 Å². The van der Waals surface area contributed by atoms with Crippen LogP contribution in [0.3, 0.4) is 0 Å². The zero-order valence-corrected chi connectivity index (χ0v) is 15.7. The van der Waals surface area contributed by atoms with Gasteiger partial charge in [-0.15, -0.1) is 0 Å². The number of halogens is 2. The van der Waals surface area contributed by atoms with Crippen molar-refractivity contribution >= 4 is 23.1 Å². The maximum atomic E-state index is 14.2. The number of carbonyl (C=O) groups is 1. The van der Waals surface area contributed by atoms with E-state index in [1.54, 1.807) is 24.4 Å². The first kappa shape index (κ1) is 18.2. The van der Waals surface area contributed by atoms with Crippen LogP contribution in [0.25, 0.3) is 16.9 Å². The summed E-state index contributed by atoms with van der Waals surface area (Å²) in [7, 11) is 0. The van der Waals surface area contributed by atoms with Gasteiger partial charge in [0.15, 0.2) is 11.3 Å². The lowest BCUT2D eigenvalue weighted by Gasteiger charge is -2.32. The zero-order chi connectivity index (χ0) is 20.7. The number of pyridine rings is 1. The van der Waals surface area contributed by atoms with Gasteiger partial charge < -0.3 is 10.2 Å². The molecule has 5 rings (SSSR count). The largest absolute Gasteiger partial charge is 0.356 e. The van der Waals surface area contributed by atoms with Gasteiger partial charge in [-0.3, -0.25) is 4.79 Å². The summed E-state index contributed by atoms with van der Waals surface area (Å²) in [5, 5.41) is 7.06. The van der Waals surface area contributed by atoms with Crippen LogP contribution in [0.4, 0.5) is 20.3 Å². The third kappa shape index (κ3) is 3.14. The Kier molecular flexibility index (Phi) is 4.35. The molecule has 1 saturated heterocycles. The Balaban J connectivity index is 1.48. The van der Waals surface area contributed by atoms with Crippen molar-refractivity contribution in [3.05, 3.63) is 72.2 Å². The summed E-state index contributed by atoms with van der Waals surface area (Å²) < 4.78 is 29.6. The van der Waals surface area contributed by atoms with Gasteiger partial charge in [-0.25, -0.2) is 23.3 Å². The number of hydrogen-bond donors (Lipinski definition) is 1. The van der Waals surface area contributed by atoms with Crippen molar-refractivity contribution < 1.29 is 13.6 Å². The SMILES string of the molecule is O=C(Nc1ccnc(N2CCC2)c1)c1cnc2ccc(-c3c(F)cccc3F)nn12. The van der Waals surface area contributed by atoms with Gasteiger partial charge in [0.05, 0.1) is 17.5 Å². The second kappa shape index (κ2) is 7.18. The summed E-state index contributed by atoms with van der Waals surface area (Å²) in [6.45, 7) is 1.88. The van der Waals surface area contributed by atoms with Gasteiger partial charge in [0, 0.05) is 31.0 Å². The van der Waals surface area contributed by atoms with Crippen LogP contribution in [0.15, 0.2) is 54.9 Å². The van der Waals surface area contributed by atoms with Gasteiger partial charge in [-0.05, 0) is 36.8 Å². The Hall–Kier alpha value is -3.88. The maximum Gasteiger partial charge on any atom is 0.276 e. The van der Waals surface area contributed by atoms with Gasteiger partial charge >= 0.3 is 0 Å². The number of hydrogen-bond acceptors (Lipinski definition) is 5. The minimum Gasteiger partial charge on any atom is -0.356 e. The number of imidazole rings is 1. The summed E-state index contributed by atoms with van der Waals surface area (Å²) in [5.41, 5.74) is 0.924. The second-order valence-corrected chi connectivity index (χ2v) is 6.93. The molecule has 0 aliphatic carbocycles.